The van der Waals surface area contributed by atoms with Crippen molar-refractivity contribution in [1.29, 1.82) is 0 Å². The Labute approximate surface area is 252 Å². The molecule has 44 heavy (non-hydrogen) atoms. The smallest absolute Gasteiger partial charge is 0.335 e. The molecule has 0 unspecified atom stereocenters. The predicted octanol–water partition coefficient (Wildman–Crippen LogP) is 8.47. The largest absolute Gasteiger partial charge is 0.478 e. The van der Waals surface area contributed by atoms with E-state index in [4.69, 9.17) is 0 Å². The van der Waals surface area contributed by atoms with Crippen molar-refractivity contribution in [3.63, 3.8) is 0 Å². The summed E-state index contributed by atoms with van der Waals surface area (Å²) in [5.74, 6) is -2.77. The summed E-state index contributed by atoms with van der Waals surface area (Å²) < 4.78 is 30.6. The summed E-state index contributed by atoms with van der Waals surface area (Å²) in [6, 6.07) is 29.5. The van der Waals surface area contributed by atoms with Crippen LogP contribution in [0.2, 0.25) is 0 Å². The van der Waals surface area contributed by atoms with Gasteiger partial charge in [-0.2, -0.15) is 0 Å². The zero-order valence-electron chi connectivity index (χ0n) is 23.9. The van der Waals surface area contributed by atoms with Crippen LogP contribution < -0.4 is 5.32 Å². The van der Waals surface area contributed by atoms with E-state index in [1.54, 1.807) is 18.2 Å². The molecule has 0 bridgehead atoms. The van der Waals surface area contributed by atoms with Crippen molar-refractivity contribution in [2.24, 2.45) is 0 Å². The van der Waals surface area contributed by atoms with E-state index in [0.717, 1.165) is 51.7 Å². The van der Waals surface area contributed by atoms with Crippen molar-refractivity contribution >= 4 is 33.6 Å². The molecule has 0 aliphatic heterocycles. The van der Waals surface area contributed by atoms with Gasteiger partial charge in [-0.25, -0.2) is 13.6 Å². The number of carbonyl (C=O) groups excluding carboxylic acids is 1. The van der Waals surface area contributed by atoms with Crippen molar-refractivity contribution in [3.05, 3.63) is 143 Å². The zero-order valence-corrected chi connectivity index (χ0v) is 23.9. The van der Waals surface area contributed by atoms with Gasteiger partial charge in [-0.05, 0) is 101 Å². The molecule has 6 aromatic rings. The summed E-state index contributed by atoms with van der Waals surface area (Å²) in [6.45, 7) is 1.83. The quantitative estimate of drug-likeness (QED) is 0.197. The minimum atomic E-state index is -1.03. The van der Waals surface area contributed by atoms with Gasteiger partial charge in [0.1, 0.15) is 11.6 Å². The fourth-order valence-electron chi connectivity index (χ4n) is 6.24. The summed E-state index contributed by atoms with van der Waals surface area (Å²) in [7, 11) is 0. The number of aromatic nitrogens is 1. The number of nitrogens with zero attached hydrogens (tertiary/aromatic N) is 1. The second-order valence-corrected chi connectivity index (χ2v) is 11.5. The predicted molar refractivity (Wildman–Crippen MR) is 167 cm³/mol. The van der Waals surface area contributed by atoms with Gasteiger partial charge in [0, 0.05) is 17.6 Å². The maximum absolute atomic E-state index is 14.2. The van der Waals surface area contributed by atoms with Crippen LogP contribution in [0.3, 0.4) is 0 Å². The molecule has 5 aromatic carbocycles. The maximum Gasteiger partial charge on any atom is 0.335 e. The van der Waals surface area contributed by atoms with Crippen LogP contribution in [0.15, 0.2) is 109 Å². The van der Waals surface area contributed by atoms with Crippen LogP contribution in [0.4, 0.5) is 8.78 Å². The fraction of sp³-hybridized carbons (Fsp3) is 0.135. The lowest BCUT2D eigenvalue weighted by atomic mass is 9.97. The van der Waals surface area contributed by atoms with E-state index in [1.807, 2.05) is 37.4 Å². The number of hydrogen-bond donors (Lipinski definition) is 2. The van der Waals surface area contributed by atoms with Gasteiger partial charge < -0.3 is 15.0 Å². The van der Waals surface area contributed by atoms with Gasteiger partial charge >= 0.3 is 5.97 Å². The number of amides is 1. The number of benzene rings is 5. The number of rotatable bonds is 7. The Morgan fingerprint density at radius 1 is 0.795 bits per heavy atom. The molecule has 7 rings (SSSR count). The molecule has 1 aliphatic carbocycles. The van der Waals surface area contributed by atoms with Crippen LogP contribution in [-0.4, -0.2) is 21.6 Å². The first kappa shape index (κ1) is 27.5. The monoisotopic (exact) mass is 586 g/mol. The highest BCUT2D eigenvalue weighted by atomic mass is 19.1. The van der Waals surface area contributed by atoms with Crippen molar-refractivity contribution in [3.8, 4) is 11.1 Å². The van der Waals surface area contributed by atoms with Gasteiger partial charge in [-0.1, -0.05) is 48.5 Å². The Morgan fingerprint density at radius 2 is 1.48 bits per heavy atom. The molecule has 5 nitrogen and oxygen atoms in total. The second kappa shape index (κ2) is 10.5. The lowest BCUT2D eigenvalue weighted by Gasteiger charge is -2.23. The molecule has 1 fully saturated rings. The number of carbonyl (C=O) groups is 2. The number of halogens is 2. The molecule has 1 amide bonds. The molecular formula is C37H28F2N2O3. The average molecular weight is 587 g/mol. The number of fused-ring (bicyclic) bond motifs is 2. The molecule has 1 saturated carbocycles. The first-order chi connectivity index (χ1) is 21.2. The van der Waals surface area contributed by atoms with Crippen molar-refractivity contribution in [2.75, 3.05) is 0 Å². The van der Waals surface area contributed by atoms with E-state index >= 15 is 0 Å². The third-order valence-corrected chi connectivity index (χ3v) is 8.70. The first-order valence-corrected chi connectivity index (χ1v) is 14.5. The third-order valence-electron chi connectivity index (χ3n) is 8.70. The molecule has 1 heterocycles. The molecule has 1 aromatic heterocycles. The van der Waals surface area contributed by atoms with Crippen molar-refractivity contribution < 1.29 is 23.5 Å². The van der Waals surface area contributed by atoms with Gasteiger partial charge in [0.2, 0.25) is 0 Å². The molecule has 1 atom stereocenters. The lowest BCUT2D eigenvalue weighted by Crippen LogP contribution is -2.28. The summed E-state index contributed by atoms with van der Waals surface area (Å²) in [5, 5.41) is 15.4. The minimum Gasteiger partial charge on any atom is -0.478 e. The molecular weight excluding hydrogens is 558 g/mol. The molecule has 7 heteroatoms. The molecule has 1 aliphatic rings. The van der Waals surface area contributed by atoms with Crippen LogP contribution in [0.1, 0.15) is 57.7 Å². The standard InChI is InChI=1S/C37H28F2N2O3/c1-22(23-6-8-25(9-7-23)36(43)44)40-35(42)33-20-28(29-18-31(38)21-32(39)19-29)16-27-12-15-41(34(27)33)37(13-14-37)30-11-10-24-4-2-3-5-26(24)17-30/h2-12,15-22H,13-14H2,1H3,(H,40,42)(H,43,44)/t22-/m0/s1. The number of carboxylic acids is 1. The normalized spacial score (nSPS) is 14.4. The Kier molecular flexibility index (Phi) is 6.54. The molecule has 0 saturated heterocycles. The van der Waals surface area contributed by atoms with Crippen LogP contribution in [0, 0.1) is 11.6 Å². The summed E-state index contributed by atoms with van der Waals surface area (Å²) in [6.07, 6.45) is 3.80. The highest BCUT2D eigenvalue weighted by Crippen LogP contribution is 2.52. The Hall–Kier alpha value is -5.30. The Bertz CT molecular complexity index is 2070. The Morgan fingerprint density at radius 3 is 2.16 bits per heavy atom. The molecule has 0 spiro atoms. The zero-order chi connectivity index (χ0) is 30.6. The average Bonchev–Trinajstić information content (AvgIpc) is 3.71. The number of carboxylic acid groups (broad SMARTS) is 1. The third kappa shape index (κ3) is 4.80. The maximum atomic E-state index is 14.2. The molecule has 0 radical (unpaired) electrons. The Balaban J connectivity index is 1.34. The van der Waals surface area contributed by atoms with Crippen LogP contribution in [0.25, 0.3) is 32.8 Å². The van der Waals surface area contributed by atoms with Gasteiger partial charge in [-0.3, -0.25) is 4.79 Å². The van der Waals surface area contributed by atoms with E-state index in [9.17, 15) is 23.5 Å². The highest BCUT2D eigenvalue weighted by Gasteiger charge is 2.47. The van der Waals surface area contributed by atoms with Gasteiger partial charge in [0.25, 0.3) is 5.91 Å². The SMILES string of the molecule is C[C@H](NC(=O)c1cc(-c2cc(F)cc(F)c2)cc2ccn(C3(c4ccc5ccccc5c4)CC3)c12)c1ccc(C(=O)O)cc1. The lowest BCUT2D eigenvalue weighted by molar-refractivity contribution is 0.0696. The minimum absolute atomic E-state index is 0.158. The van der Waals surface area contributed by atoms with E-state index in [2.05, 4.69) is 40.2 Å². The van der Waals surface area contributed by atoms with Gasteiger partial charge in [-0.15, -0.1) is 0 Å². The number of aromatic carboxylic acids is 1. The molecule has 218 valence electrons. The number of hydrogen-bond acceptors (Lipinski definition) is 2. The van der Waals surface area contributed by atoms with Crippen LogP contribution >= 0.6 is 0 Å². The summed E-state index contributed by atoms with van der Waals surface area (Å²) in [5.41, 5.74) is 3.70. The van der Waals surface area contributed by atoms with Crippen LogP contribution in [0.5, 0.6) is 0 Å². The number of nitrogens with one attached hydrogen (secondary N) is 1. The van der Waals surface area contributed by atoms with Crippen LogP contribution in [-0.2, 0) is 5.54 Å². The van der Waals surface area contributed by atoms with E-state index < -0.39 is 23.6 Å². The second-order valence-electron chi connectivity index (χ2n) is 11.5. The fourth-order valence-corrected chi connectivity index (χ4v) is 6.24. The van der Waals surface area contributed by atoms with Crippen molar-refractivity contribution in [1.82, 2.24) is 9.88 Å². The van der Waals surface area contributed by atoms with E-state index in [1.165, 1.54) is 24.3 Å². The van der Waals surface area contributed by atoms with Gasteiger partial charge in [0.15, 0.2) is 0 Å². The topological polar surface area (TPSA) is 71.3 Å². The van der Waals surface area contributed by atoms with E-state index in [0.29, 0.717) is 16.7 Å². The molecule has 2 N–H and O–H groups in total. The first-order valence-electron chi connectivity index (χ1n) is 14.5. The summed E-state index contributed by atoms with van der Waals surface area (Å²) in [4.78, 5) is 25.4. The van der Waals surface area contributed by atoms with E-state index in [-0.39, 0.29) is 17.0 Å². The van der Waals surface area contributed by atoms with Crippen molar-refractivity contribution in [2.45, 2.75) is 31.3 Å². The van der Waals surface area contributed by atoms with Gasteiger partial charge in [0.05, 0.1) is 28.2 Å². The summed E-state index contributed by atoms with van der Waals surface area (Å²) >= 11 is 0. The highest BCUT2D eigenvalue weighted by molar-refractivity contribution is 6.08.